The van der Waals surface area contributed by atoms with Crippen molar-refractivity contribution in [1.29, 1.82) is 0 Å². The van der Waals surface area contributed by atoms with Crippen LogP contribution in [0.15, 0.2) is 53.6 Å². The maximum absolute atomic E-state index is 13.0. The Hall–Kier alpha value is -3.83. The van der Waals surface area contributed by atoms with Crippen LogP contribution in [-0.2, 0) is 4.79 Å². The van der Waals surface area contributed by atoms with E-state index in [4.69, 9.17) is 14.7 Å². The molecular formula is C34H44N8O2S. The van der Waals surface area contributed by atoms with Gasteiger partial charge in [0.1, 0.15) is 5.75 Å². The second kappa shape index (κ2) is 14.1. The average molecular weight is 629 g/mol. The van der Waals surface area contributed by atoms with Gasteiger partial charge in [-0.15, -0.1) is 11.8 Å². The predicted molar refractivity (Wildman–Crippen MR) is 181 cm³/mol. The standard InChI is InChI=1S/C34H44N8O2S/c1-23(2)45-30-11-7-6-10-27(30)37-34-39-33(38-31-12-15-35-42(31)34)36-28-20-24(3)26(21-29(28)44-4)25-13-18-41(19-14-25)32(43)22-40-16-8-5-9-17-40/h6-7,10-12,15,20-21,23,25H,5,8-9,13-14,16-19,22H2,1-4H3,(H2,36,37,38,39). The zero-order valence-corrected chi connectivity index (χ0v) is 27.6. The van der Waals surface area contributed by atoms with E-state index in [2.05, 4.69) is 70.6 Å². The zero-order chi connectivity index (χ0) is 31.3. The van der Waals surface area contributed by atoms with Crippen LogP contribution in [0.2, 0.25) is 0 Å². The number of carbonyl (C=O) groups excluding carboxylic acids is 1. The van der Waals surface area contributed by atoms with Crippen LogP contribution in [0, 0.1) is 6.92 Å². The van der Waals surface area contributed by atoms with Crippen LogP contribution in [0.1, 0.15) is 63.0 Å². The number of ether oxygens (including phenoxy) is 1. The molecule has 0 unspecified atom stereocenters. The third-order valence-corrected chi connectivity index (χ3v) is 9.76. The van der Waals surface area contributed by atoms with Gasteiger partial charge < -0.3 is 20.3 Å². The van der Waals surface area contributed by atoms with Crippen LogP contribution in [0.3, 0.4) is 0 Å². The molecule has 1 amide bonds. The number of piperidine rings is 2. The highest BCUT2D eigenvalue weighted by Gasteiger charge is 2.27. The van der Waals surface area contributed by atoms with Crippen LogP contribution in [0.5, 0.6) is 5.75 Å². The molecular weight excluding hydrogens is 584 g/mol. The van der Waals surface area contributed by atoms with Gasteiger partial charge in [0.05, 0.1) is 31.2 Å². The summed E-state index contributed by atoms with van der Waals surface area (Å²) in [6.07, 6.45) is 7.32. The number of aryl methyl sites for hydroxylation is 1. The Morgan fingerprint density at radius 3 is 2.53 bits per heavy atom. The Balaban J connectivity index is 1.18. The fraction of sp³-hybridized carbons (Fsp3) is 0.471. The van der Waals surface area contributed by atoms with Crippen LogP contribution < -0.4 is 15.4 Å². The van der Waals surface area contributed by atoms with Crippen LogP contribution in [0.4, 0.5) is 23.3 Å². The predicted octanol–water partition coefficient (Wildman–Crippen LogP) is 6.62. The first-order valence-electron chi connectivity index (χ1n) is 16.1. The SMILES string of the molecule is COc1cc(C2CCN(C(=O)CN3CCCCC3)CC2)c(C)cc1Nc1nc(Nc2ccccc2SC(C)C)n2nccc2n1. The van der Waals surface area contributed by atoms with Gasteiger partial charge in [-0.1, -0.05) is 32.4 Å². The lowest BCUT2D eigenvalue weighted by Gasteiger charge is -2.35. The molecule has 0 spiro atoms. The van der Waals surface area contributed by atoms with Crippen LogP contribution in [-0.4, -0.2) is 80.4 Å². The number of para-hydroxylation sites is 1. The highest BCUT2D eigenvalue weighted by molar-refractivity contribution is 8.00. The van der Waals surface area contributed by atoms with Crippen molar-refractivity contribution < 1.29 is 9.53 Å². The molecule has 10 nitrogen and oxygen atoms in total. The minimum absolute atomic E-state index is 0.273. The number of anilines is 4. The van der Waals surface area contributed by atoms with Crippen LogP contribution in [0.25, 0.3) is 5.65 Å². The molecule has 0 radical (unpaired) electrons. The van der Waals surface area contributed by atoms with Gasteiger partial charge in [0.15, 0.2) is 5.65 Å². The van der Waals surface area contributed by atoms with Crippen molar-refractivity contribution in [3.63, 3.8) is 0 Å². The molecule has 0 aliphatic carbocycles. The second-order valence-corrected chi connectivity index (χ2v) is 13.9. The lowest BCUT2D eigenvalue weighted by molar-refractivity contribution is -0.133. The van der Waals surface area contributed by atoms with E-state index in [1.807, 2.05) is 18.2 Å². The Labute approximate surface area is 270 Å². The summed E-state index contributed by atoms with van der Waals surface area (Å²) in [6, 6.07) is 14.3. The van der Waals surface area contributed by atoms with Gasteiger partial charge in [-0.2, -0.15) is 19.6 Å². The lowest BCUT2D eigenvalue weighted by Crippen LogP contribution is -2.45. The minimum Gasteiger partial charge on any atom is -0.495 e. The van der Waals surface area contributed by atoms with Crippen molar-refractivity contribution in [3.05, 3.63) is 59.8 Å². The van der Waals surface area contributed by atoms with Gasteiger partial charge in [-0.25, -0.2) is 0 Å². The summed E-state index contributed by atoms with van der Waals surface area (Å²) in [6.45, 7) is 10.8. The molecule has 11 heteroatoms. The second-order valence-electron chi connectivity index (χ2n) is 12.3. The van der Waals surface area contributed by atoms with Gasteiger partial charge >= 0.3 is 0 Å². The molecule has 6 rings (SSSR count). The number of methoxy groups -OCH3 is 1. The summed E-state index contributed by atoms with van der Waals surface area (Å²) in [5.74, 6) is 2.41. The number of carbonyl (C=O) groups is 1. The number of thioether (sulfide) groups is 1. The van der Waals surface area contributed by atoms with E-state index < -0.39 is 0 Å². The van der Waals surface area contributed by atoms with E-state index in [9.17, 15) is 4.79 Å². The van der Waals surface area contributed by atoms with Crippen LogP contribution >= 0.6 is 11.8 Å². The minimum atomic E-state index is 0.273. The van der Waals surface area contributed by atoms with Crippen molar-refractivity contribution in [2.45, 2.75) is 68.9 Å². The van der Waals surface area contributed by atoms with E-state index in [1.165, 1.54) is 30.4 Å². The van der Waals surface area contributed by atoms with Gasteiger partial charge in [0.25, 0.3) is 0 Å². The third kappa shape index (κ3) is 7.36. The van der Waals surface area contributed by atoms with Gasteiger partial charge in [-0.05, 0) is 87.0 Å². The monoisotopic (exact) mass is 628 g/mol. The molecule has 2 aliphatic rings. The molecule has 0 saturated carbocycles. The van der Waals surface area contributed by atoms with E-state index in [0.717, 1.165) is 61.0 Å². The first kappa shape index (κ1) is 31.2. The Morgan fingerprint density at radius 1 is 1.00 bits per heavy atom. The van der Waals surface area contributed by atoms with Crippen molar-refractivity contribution in [2.24, 2.45) is 0 Å². The first-order chi connectivity index (χ1) is 21.9. The average Bonchev–Trinajstić information content (AvgIpc) is 3.52. The summed E-state index contributed by atoms with van der Waals surface area (Å²) in [5.41, 5.74) is 4.90. The molecule has 2 aromatic heterocycles. The van der Waals surface area contributed by atoms with Gasteiger partial charge in [0, 0.05) is 29.3 Å². The molecule has 2 aliphatic heterocycles. The van der Waals surface area contributed by atoms with E-state index >= 15 is 0 Å². The van der Waals surface area contributed by atoms with Crippen molar-refractivity contribution in [3.8, 4) is 5.75 Å². The van der Waals surface area contributed by atoms with Gasteiger partial charge in [0.2, 0.25) is 17.8 Å². The summed E-state index contributed by atoms with van der Waals surface area (Å²) >= 11 is 1.80. The number of hydrogen-bond acceptors (Lipinski definition) is 9. The molecule has 45 heavy (non-hydrogen) atoms. The van der Waals surface area contributed by atoms with Crippen molar-refractivity contribution in [1.82, 2.24) is 29.4 Å². The number of rotatable bonds is 10. The van der Waals surface area contributed by atoms with Crippen molar-refractivity contribution in [2.75, 3.05) is 50.5 Å². The molecule has 4 heterocycles. The number of benzene rings is 2. The molecule has 2 saturated heterocycles. The molecule has 2 aromatic carbocycles. The molecule has 2 fully saturated rings. The number of hydrogen-bond donors (Lipinski definition) is 2. The molecule has 2 N–H and O–H groups in total. The zero-order valence-electron chi connectivity index (χ0n) is 26.8. The molecule has 0 atom stereocenters. The maximum Gasteiger partial charge on any atom is 0.236 e. The van der Waals surface area contributed by atoms with E-state index in [-0.39, 0.29) is 5.91 Å². The Morgan fingerprint density at radius 2 is 1.78 bits per heavy atom. The normalized spacial score (nSPS) is 16.3. The Bertz CT molecular complexity index is 1630. The maximum atomic E-state index is 13.0. The van der Waals surface area contributed by atoms with Crippen molar-refractivity contribution >= 4 is 46.6 Å². The number of fused-ring (bicyclic) bond motifs is 1. The fourth-order valence-electron chi connectivity index (χ4n) is 6.39. The fourth-order valence-corrected chi connectivity index (χ4v) is 7.30. The number of nitrogens with one attached hydrogen (secondary N) is 2. The molecule has 238 valence electrons. The summed E-state index contributed by atoms with van der Waals surface area (Å²) < 4.78 is 7.58. The summed E-state index contributed by atoms with van der Waals surface area (Å²) in [4.78, 5) is 28.1. The van der Waals surface area contributed by atoms with E-state index in [0.29, 0.717) is 35.3 Å². The summed E-state index contributed by atoms with van der Waals surface area (Å²) in [7, 11) is 1.69. The largest absolute Gasteiger partial charge is 0.495 e. The number of nitrogens with zero attached hydrogens (tertiary/aromatic N) is 6. The number of amides is 1. The Kier molecular flexibility index (Phi) is 9.75. The highest BCUT2D eigenvalue weighted by atomic mass is 32.2. The highest BCUT2D eigenvalue weighted by Crippen LogP contribution is 2.38. The van der Waals surface area contributed by atoms with E-state index in [1.54, 1.807) is 29.6 Å². The smallest absolute Gasteiger partial charge is 0.236 e. The summed E-state index contributed by atoms with van der Waals surface area (Å²) in [5, 5.41) is 11.8. The first-order valence-corrected chi connectivity index (χ1v) is 17.0. The lowest BCUT2D eigenvalue weighted by atomic mass is 9.86. The third-order valence-electron chi connectivity index (χ3n) is 8.68. The quantitative estimate of drug-likeness (QED) is 0.188. The molecule has 4 aromatic rings. The van der Waals surface area contributed by atoms with Gasteiger partial charge in [-0.3, -0.25) is 9.69 Å². The molecule has 0 bridgehead atoms. The topological polar surface area (TPSA) is 99.9 Å². The number of aromatic nitrogens is 4. The number of likely N-dealkylation sites (tertiary alicyclic amines) is 2.